The number of nitrogens with zero attached hydrogens (tertiary/aromatic N) is 2. The Bertz CT molecular complexity index is 599. The molecule has 100 valence electrons. The summed E-state index contributed by atoms with van der Waals surface area (Å²) in [6, 6.07) is 4.29. The molecule has 0 radical (unpaired) electrons. The van der Waals surface area contributed by atoms with Gasteiger partial charge in [0.25, 0.3) is 0 Å². The summed E-state index contributed by atoms with van der Waals surface area (Å²) in [6.45, 7) is 3.70. The van der Waals surface area contributed by atoms with E-state index < -0.39 is 17.7 Å². The fraction of sp³-hybridized carbons (Fsp3) is 0.286. The number of nitrogens with two attached hydrogens (primary N) is 1. The SMILES string of the molecule is CCc1nnc(C)cc1C(N)c1cc(F)ccc1F. The van der Waals surface area contributed by atoms with Crippen molar-refractivity contribution in [2.75, 3.05) is 0 Å². The molecule has 1 unspecified atom stereocenters. The van der Waals surface area contributed by atoms with Crippen LogP contribution >= 0.6 is 0 Å². The van der Waals surface area contributed by atoms with Crippen LogP contribution in [-0.4, -0.2) is 10.2 Å². The minimum atomic E-state index is -0.750. The molecule has 3 nitrogen and oxygen atoms in total. The van der Waals surface area contributed by atoms with E-state index in [-0.39, 0.29) is 5.56 Å². The number of rotatable bonds is 3. The zero-order valence-electron chi connectivity index (χ0n) is 10.8. The first kappa shape index (κ1) is 13.5. The maximum Gasteiger partial charge on any atom is 0.128 e. The molecule has 19 heavy (non-hydrogen) atoms. The van der Waals surface area contributed by atoms with Crippen molar-refractivity contribution >= 4 is 0 Å². The maximum atomic E-state index is 13.8. The van der Waals surface area contributed by atoms with Gasteiger partial charge in [-0.15, -0.1) is 0 Å². The Hall–Kier alpha value is -1.88. The number of hydrogen-bond donors (Lipinski definition) is 1. The van der Waals surface area contributed by atoms with E-state index in [1.807, 2.05) is 6.92 Å². The standard InChI is InChI=1S/C14H15F2N3/c1-3-13-11(6-8(2)18-19-13)14(17)10-7-9(15)4-5-12(10)16/h4-7,14H,3,17H2,1-2H3. The predicted octanol–water partition coefficient (Wildman–Crippen LogP) is 2.67. The number of aromatic nitrogens is 2. The van der Waals surface area contributed by atoms with Crippen molar-refractivity contribution in [3.05, 3.63) is 58.4 Å². The average molecular weight is 263 g/mol. The quantitative estimate of drug-likeness (QED) is 0.926. The fourth-order valence-corrected chi connectivity index (χ4v) is 2.00. The average Bonchev–Trinajstić information content (AvgIpc) is 2.40. The molecule has 0 spiro atoms. The molecular weight excluding hydrogens is 248 g/mol. The summed E-state index contributed by atoms with van der Waals surface area (Å²) < 4.78 is 27.0. The number of aryl methyl sites for hydroxylation is 2. The van der Waals surface area contributed by atoms with E-state index in [9.17, 15) is 8.78 Å². The van der Waals surface area contributed by atoms with E-state index in [0.29, 0.717) is 23.4 Å². The molecule has 5 heteroatoms. The molecule has 0 amide bonds. The van der Waals surface area contributed by atoms with Crippen LogP contribution < -0.4 is 5.73 Å². The molecule has 1 heterocycles. The van der Waals surface area contributed by atoms with E-state index in [2.05, 4.69) is 10.2 Å². The monoisotopic (exact) mass is 263 g/mol. The van der Waals surface area contributed by atoms with Gasteiger partial charge < -0.3 is 5.73 Å². The van der Waals surface area contributed by atoms with Gasteiger partial charge in [-0.25, -0.2) is 8.78 Å². The van der Waals surface area contributed by atoms with Crippen LogP contribution in [-0.2, 0) is 6.42 Å². The highest BCUT2D eigenvalue weighted by Crippen LogP contribution is 2.25. The molecule has 0 aliphatic rings. The lowest BCUT2D eigenvalue weighted by atomic mass is 9.96. The molecule has 0 saturated carbocycles. The number of benzene rings is 1. The molecule has 1 atom stereocenters. The van der Waals surface area contributed by atoms with Crippen LogP contribution in [0.1, 0.15) is 35.5 Å². The van der Waals surface area contributed by atoms with E-state index >= 15 is 0 Å². The molecule has 2 rings (SSSR count). The summed E-state index contributed by atoms with van der Waals surface area (Å²) in [5.74, 6) is -1.03. The second kappa shape index (κ2) is 5.40. The predicted molar refractivity (Wildman–Crippen MR) is 68.5 cm³/mol. The normalized spacial score (nSPS) is 12.5. The zero-order chi connectivity index (χ0) is 14.0. The van der Waals surface area contributed by atoms with Crippen LogP contribution in [0.4, 0.5) is 8.78 Å². The van der Waals surface area contributed by atoms with Gasteiger partial charge >= 0.3 is 0 Å². The fourth-order valence-electron chi connectivity index (χ4n) is 2.00. The van der Waals surface area contributed by atoms with E-state index in [0.717, 1.165) is 18.2 Å². The van der Waals surface area contributed by atoms with Crippen molar-refractivity contribution < 1.29 is 8.78 Å². The molecule has 0 saturated heterocycles. The summed E-state index contributed by atoms with van der Waals surface area (Å²) in [5.41, 5.74) is 8.25. The van der Waals surface area contributed by atoms with Gasteiger partial charge in [-0.1, -0.05) is 6.92 Å². The molecule has 1 aromatic carbocycles. The van der Waals surface area contributed by atoms with Gasteiger partial charge in [0.05, 0.1) is 17.4 Å². The van der Waals surface area contributed by atoms with Gasteiger partial charge in [-0.2, -0.15) is 10.2 Å². The molecule has 2 N–H and O–H groups in total. The Kier molecular flexibility index (Phi) is 3.85. The lowest BCUT2D eigenvalue weighted by molar-refractivity contribution is 0.575. The van der Waals surface area contributed by atoms with E-state index in [4.69, 9.17) is 5.73 Å². The second-order valence-electron chi connectivity index (χ2n) is 4.38. The molecule has 0 bridgehead atoms. The Morgan fingerprint density at radius 3 is 2.58 bits per heavy atom. The molecule has 2 aromatic rings. The van der Waals surface area contributed by atoms with Gasteiger partial charge in [-0.05, 0) is 43.2 Å². The Morgan fingerprint density at radius 1 is 1.16 bits per heavy atom. The first-order chi connectivity index (χ1) is 9.02. The van der Waals surface area contributed by atoms with Crippen LogP contribution in [0, 0.1) is 18.6 Å². The second-order valence-corrected chi connectivity index (χ2v) is 4.38. The highest BCUT2D eigenvalue weighted by Gasteiger charge is 2.18. The number of hydrogen-bond acceptors (Lipinski definition) is 3. The minimum absolute atomic E-state index is 0.127. The van der Waals surface area contributed by atoms with Crippen LogP contribution in [0.3, 0.4) is 0 Å². The lowest BCUT2D eigenvalue weighted by Crippen LogP contribution is -2.17. The Morgan fingerprint density at radius 2 is 1.89 bits per heavy atom. The summed E-state index contributed by atoms with van der Waals surface area (Å²) in [4.78, 5) is 0. The van der Waals surface area contributed by atoms with Crippen LogP contribution in [0.25, 0.3) is 0 Å². The summed E-state index contributed by atoms with van der Waals surface area (Å²) >= 11 is 0. The van der Waals surface area contributed by atoms with Gasteiger partial charge in [0.1, 0.15) is 11.6 Å². The van der Waals surface area contributed by atoms with Crippen molar-refractivity contribution in [3.63, 3.8) is 0 Å². The van der Waals surface area contributed by atoms with Crippen molar-refractivity contribution in [1.82, 2.24) is 10.2 Å². The topological polar surface area (TPSA) is 51.8 Å². The third-order valence-electron chi connectivity index (χ3n) is 2.99. The minimum Gasteiger partial charge on any atom is -0.320 e. The van der Waals surface area contributed by atoms with Crippen LogP contribution in [0.15, 0.2) is 24.3 Å². The number of halogens is 2. The van der Waals surface area contributed by atoms with E-state index in [1.54, 1.807) is 13.0 Å². The highest BCUT2D eigenvalue weighted by molar-refractivity contribution is 5.35. The zero-order valence-corrected chi connectivity index (χ0v) is 10.8. The van der Waals surface area contributed by atoms with Crippen molar-refractivity contribution in [2.45, 2.75) is 26.3 Å². The Labute approximate surface area is 110 Å². The van der Waals surface area contributed by atoms with Crippen LogP contribution in [0.2, 0.25) is 0 Å². The van der Waals surface area contributed by atoms with Gasteiger partial charge in [0, 0.05) is 5.56 Å². The third kappa shape index (κ3) is 2.76. The van der Waals surface area contributed by atoms with Gasteiger partial charge in [0.2, 0.25) is 0 Å². The molecule has 0 aliphatic carbocycles. The van der Waals surface area contributed by atoms with Crippen molar-refractivity contribution in [2.24, 2.45) is 5.73 Å². The van der Waals surface area contributed by atoms with Crippen LogP contribution in [0.5, 0.6) is 0 Å². The molecule has 0 aliphatic heterocycles. The molecule has 1 aromatic heterocycles. The summed E-state index contributed by atoms with van der Waals surface area (Å²) in [7, 11) is 0. The summed E-state index contributed by atoms with van der Waals surface area (Å²) in [6.07, 6.45) is 0.632. The van der Waals surface area contributed by atoms with Crippen molar-refractivity contribution in [3.8, 4) is 0 Å². The first-order valence-electron chi connectivity index (χ1n) is 6.06. The molecule has 0 fully saturated rings. The summed E-state index contributed by atoms with van der Waals surface area (Å²) in [5, 5.41) is 8.00. The van der Waals surface area contributed by atoms with Crippen molar-refractivity contribution in [1.29, 1.82) is 0 Å². The molecular formula is C14H15F2N3. The highest BCUT2D eigenvalue weighted by atomic mass is 19.1. The Balaban J connectivity index is 2.51. The van der Waals surface area contributed by atoms with Gasteiger partial charge in [-0.3, -0.25) is 0 Å². The smallest absolute Gasteiger partial charge is 0.128 e. The lowest BCUT2D eigenvalue weighted by Gasteiger charge is -2.16. The largest absolute Gasteiger partial charge is 0.320 e. The maximum absolute atomic E-state index is 13.8. The van der Waals surface area contributed by atoms with Gasteiger partial charge in [0.15, 0.2) is 0 Å². The first-order valence-corrected chi connectivity index (χ1v) is 6.06. The third-order valence-corrected chi connectivity index (χ3v) is 2.99. The van der Waals surface area contributed by atoms with E-state index in [1.165, 1.54) is 0 Å².